The van der Waals surface area contributed by atoms with Crippen molar-refractivity contribution in [3.05, 3.63) is 11.9 Å². The van der Waals surface area contributed by atoms with Gasteiger partial charge in [-0.3, -0.25) is 0 Å². The van der Waals surface area contributed by atoms with Gasteiger partial charge in [-0.25, -0.2) is 9.97 Å². The summed E-state index contributed by atoms with van der Waals surface area (Å²) in [5, 5.41) is 15.4. The second-order valence-corrected chi connectivity index (χ2v) is 4.47. The molecule has 0 radical (unpaired) electrons. The summed E-state index contributed by atoms with van der Waals surface area (Å²) in [6, 6.07) is 2.04. The van der Waals surface area contributed by atoms with E-state index in [4.69, 9.17) is 9.84 Å². The Morgan fingerprint density at radius 3 is 2.74 bits per heavy atom. The Labute approximate surface area is 114 Å². The fraction of sp³-hybridized carbons (Fsp3) is 0.692. The molecule has 1 heterocycles. The molecule has 1 unspecified atom stereocenters. The van der Waals surface area contributed by atoms with E-state index in [1.807, 2.05) is 13.0 Å². The van der Waals surface area contributed by atoms with Gasteiger partial charge in [0.25, 0.3) is 0 Å². The summed E-state index contributed by atoms with van der Waals surface area (Å²) in [4.78, 5) is 8.76. The molecule has 1 aromatic rings. The summed E-state index contributed by atoms with van der Waals surface area (Å²) < 4.78 is 5.07. The van der Waals surface area contributed by atoms with Gasteiger partial charge in [0.05, 0.1) is 0 Å². The molecule has 0 amide bonds. The predicted molar refractivity (Wildman–Crippen MR) is 76.3 cm³/mol. The Hall–Kier alpha value is -1.40. The normalized spacial score (nSPS) is 12.2. The van der Waals surface area contributed by atoms with Crippen LogP contribution in [-0.2, 0) is 11.3 Å². The molecule has 0 aromatic carbocycles. The topological polar surface area (TPSA) is 79.3 Å². The zero-order valence-electron chi connectivity index (χ0n) is 11.9. The Morgan fingerprint density at radius 2 is 2.11 bits per heavy atom. The molecule has 19 heavy (non-hydrogen) atoms. The summed E-state index contributed by atoms with van der Waals surface area (Å²) in [5.74, 6) is 2.19. The van der Waals surface area contributed by atoms with Crippen molar-refractivity contribution in [3.8, 4) is 0 Å². The van der Waals surface area contributed by atoms with Crippen LogP contribution >= 0.6 is 0 Å². The van der Waals surface area contributed by atoms with E-state index in [9.17, 15) is 0 Å². The van der Waals surface area contributed by atoms with Crippen LogP contribution in [0.4, 0.5) is 11.6 Å². The molecule has 1 aromatic heterocycles. The average Bonchev–Trinajstić information content (AvgIpc) is 2.36. The van der Waals surface area contributed by atoms with Gasteiger partial charge in [0.2, 0.25) is 0 Å². The van der Waals surface area contributed by atoms with Gasteiger partial charge in [-0.2, -0.15) is 0 Å². The standard InChI is InChI=1S/C13H24N4O2/c1-4-6-14-11-8-12(15-10(2)5-7-18)17-13(16-11)9-19-3/h8,10,18H,4-7,9H2,1-3H3,(H2,14,15,16,17). The molecule has 1 atom stereocenters. The van der Waals surface area contributed by atoms with Crippen molar-refractivity contribution in [2.24, 2.45) is 0 Å². The van der Waals surface area contributed by atoms with Crippen LogP contribution in [-0.4, -0.2) is 41.4 Å². The molecular weight excluding hydrogens is 244 g/mol. The van der Waals surface area contributed by atoms with Crippen molar-refractivity contribution < 1.29 is 9.84 Å². The molecule has 3 N–H and O–H groups in total. The maximum atomic E-state index is 8.92. The first-order valence-electron chi connectivity index (χ1n) is 6.67. The van der Waals surface area contributed by atoms with Crippen molar-refractivity contribution in [1.29, 1.82) is 0 Å². The third kappa shape index (κ3) is 5.85. The smallest absolute Gasteiger partial charge is 0.158 e. The minimum absolute atomic E-state index is 0.158. The van der Waals surface area contributed by atoms with Gasteiger partial charge in [0.1, 0.15) is 18.2 Å². The van der Waals surface area contributed by atoms with Gasteiger partial charge in [-0.05, 0) is 19.8 Å². The highest BCUT2D eigenvalue weighted by molar-refractivity contribution is 5.48. The average molecular weight is 268 g/mol. The van der Waals surface area contributed by atoms with Gasteiger partial charge >= 0.3 is 0 Å². The van der Waals surface area contributed by atoms with E-state index < -0.39 is 0 Å². The lowest BCUT2D eigenvalue weighted by atomic mass is 10.2. The Bertz CT molecular complexity index is 374. The van der Waals surface area contributed by atoms with Crippen LogP contribution in [0.15, 0.2) is 6.07 Å². The van der Waals surface area contributed by atoms with Crippen LogP contribution in [0.5, 0.6) is 0 Å². The van der Waals surface area contributed by atoms with E-state index in [-0.39, 0.29) is 12.6 Å². The zero-order chi connectivity index (χ0) is 14.1. The highest BCUT2D eigenvalue weighted by atomic mass is 16.5. The van der Waals surface area contributed by atoms with E-state index in [0.29, 0.717) is 18.9 Å². The molecule has 6 heteroatoms. The van der Waals surface area contributed by atoms with Crippen molar-refractivity contribution in [3.63, 3.8) is 0 Å². The van der Waals surface area contributed by atoms with Crippen LogP contribution in [0.1, 0.15) is 32.5 Å². The predicted octanol–water partition coefficient (Wildman–Crippen LogP) is 1.63. The van der Waals surface area contributed by atoms with Crippen molar-refractivity contribution in [2.75, 3.05) is 30.9 Å². The summed E-state index contributed by atoms with van der Waals surface area (Å²) >= 11 is 0. The molecular formula is C13H24N4O2. The highest BCUT2D eigenvalue weighted by Crippen LogP contribution is 2.13. The number of hydrogen-bond acceptors (Lipinski definition) is 6. The Kier molecular flexibility index (Phi) is 7.14. The fourth-order valence-electron chi connectivity index (χ4n) is 1.63. The first-order valence-corrected chi connectivity index (χ1v) is 6.67. The highest BCUT2D eigenvalue weighted by Gasteiger charge is 2.07. The molecule has 0 saturated carbocycles. The number of aliphatic hydroxyl groups is 1. The number of anilines is 2. The number of aliphatic hydroxyl groups excluding tert-OH is 1. The number of nitrogens with one attached hydrogen (secondary N) is 2. The van der Waals surface area contributed by atoms with Crippen LogP contribution in [0.3, 0.4) is 0 Å². The van der Waals surface area contributed by atoms with Gasteiger partial charge in [-0.15, -0.1) is 0 Å². The fourth-order valence-corrected chi connectivity index (χ4v) is 1.63. The minimum atomic E-state index is 0.158. The van der Waals surface area contributed by atoms with E-state index in [1.54, 1.807) is 7.11 Å². The lowest BCUT2D eigenvalue weighted by molar-refractivity contribution is 0.178. The SMILES string of the molecule is CCCNc1cc(NC(C)CCO)nc(COC)n1. The van der Waals surface area contributed by atoms with Gasteiger partial charge in [0.15, 0.2) is 5.82 Å². The molecule has 0 spiro atoms. The van der Waals surface area contributed by atoms with E-state index in [0.717, 1.165) is 24.6 Å². The van der Waals surface area contributed by atoms with Gasteiger partial charge in [-0.1, -0.05) is 6.92 Å². The molecule has 0 fully saturated rings. The Morgan fingerprint density at radius 1 is 1.37 bits per heavy atom. The van der Waals surface area contributed by atoms with E-state index in [2.05, 4.69) is 27.5 Å². The largest absolute Gasteiger partial charge is 0.396 e. The number of methoxy groups -OCH3 is 1. The van der Waals surface area contributed by atoms with Crippen molar-refractivity contribution in [1.82, 2.24) is 9.97 Å². The van der Waals surface area contributed by atoms with Gasteiger partial charge in [0, 0.05) is 32.4 Å². The van der Waals surface area contributed by atoms with Gasteiger partial charge < -0.3 is 20.5 Å². The van der Waals surface area contributed by atoms with Crippen molar-refractivity contribution >= 4 is 11.6 Å². The van der Waals surface area contributed by atoms with Crippen molar-refractivity contribution in [2.45, 2.75) is 39.3 Å². The summed E-state index contributed by atoms with van der Waals surface area (Å²) in [6.45, 7) is 5.52. The van der Waals surface area contributed by atoms with Crippen LogP contribution in [0, 0.1) is 0 Å². The second-order valence-electron chi connectivity index (χ2n) is 4.47. The molecule has 0 bridgehead atoms. The van der Waals surface area contributed by atoms with E-state index >= 15 is 0 Å². The first kappa shape index (κ1) is 15.7. The quantitative estimate of drug-likeness (QED) is 0.631. The van der Waals surface area contributed by atoms with E-state index in [1.165, 1.54) is 0 Å². The Balaban J connectivity index is 2.79. The molecule has 6 nitrogen and oxygen atoms in total. The van der Waals surface area contributed by atoms with Crippen LogP contribution < -0.4 is 10.6 Å². The summed E-state index contributed by atoms with van der Waals surface area (Å²) in [7, 11) is 1.62. The second kappa shape index (κ2) is 8.66. The number of aromatic nitrogens is 2. The maximum absolute atomic E-state index is 8.92. The molecule has 0 aliphatic carbocycles. The molecule has 108 valence electrons. The summed E-state index contributed by atoms with van der Waals surface area (Å²) in [5.41, 5.74) is 0. The number of rotatable bonds is 9. The minimum Gasteiger partial charge on any atom is -0.396 e. The third-order valence-electron chi connectivity index (χ3n) is 2.56. The number of nitrogens with zero attached hydrogens (tertiary/aromatic N) is 2. The van der Waals surface area contributed by atoms with Crippen LogP contribution in [0.2, 0.25) is 0 Å². The molecule has 0 saturated heterocycles. The zero-order valence-corrected chi connectivity index (χ0v) is 11.9. The lowest BCUT2D eigenvalue weighted by Gasteiger charge is -2.15. The summed E-state index contributed by atoms with van der Waals surface area (Å²) in [6.07, 6.45) is 1.72. The molecule has 1 rings (SSSR count). The number of ether oxygens (including phenoxy) is 1. The number of hydrogen-bond donors (Lipinski definition) is 3. The maximum Gasteiger partial charge on any atom is 0.158 e. The first-order chi connectivity index (χ1) is 9.19. The van der Waals surface area contributed by atoms with Crippen LogP contribution in [0.25, 0.3) is 0 Å². The molecule has 0 aliphatic rings. The third-order valence-corrected chi connectivity index (χ3v) is 2.56. The monoisotopic (exact) mass is 268 g/mol. The lowest BCUT2D eigenvalue weighted by Crippen LogP contribution is -2.18. The molecule has 0 aliphatic heterocycles.